The highest BCUT2D eigenvalue weighted by atomic mass is 14.9. The summed E-state index contributed by atoms with van der Waals surface area (Å²) in [5.74, 6) is 0. The van der Waals surface area contributed by atoms with Gasteiger partial charge in [0.25, 0.3) is 0 Å². The molecule has 0 aliphatic heterocycles. The minimum atomic E-state index is 1.20. The van der Waals surface area contributed by atoms with E-state index in [1.54, 1.807) is 11.1 Å². The highest BCUT2D eigenvalue weighted by molar-refractivity contribution is 5.65. The highest BCUT2D eigenvalue weighted by Crippen LogP contribution is 2.28. The van der Waals surface area contributed by atoms with E-state index in [9.17, 15) is 0 Å². The lowest BCUT2D eigenvalue weighted by Gasteiger charge is -2.17. The van der Waals surface area contributed by atoms with Crippen LogP contribution in [0.5, 0.6) is 0 Å². The smallest absolute Gasteiger partial charge is 0.0419 e. The van der Waals surface area contributed by atoms with Crippen molar-refractivity contribution in [1.82, 2.24) is 0 Å². The van der Waals surface area contributed by atoms with E-state index >= 15 is 0 Å². The zero-order valence-corrected chi connectivity index (χ0v) is 22.8. The second-order valence-corrected chi connectivity index (χ2v) is 10.3. The first-order valence-corrected chi connectivity index (χ1v) is 14.7. The fraction of sp³-hybridized carbons (Fsp3) is 0.636. The van der Waals surface area contributed by atoms with Crippen LogP contribution in [0.1, 0.15) is 134 Å². The topological polar surface area (TPSA) is 12.0 Å². The van der Waals surface area contributed by atoms with E-state index in [0.717, 1.165) is 0 Å². The number of unbranched alkanes of at least 4 members (excludes halogenated alkanes) is 12. The van der Waals surface area contributed by atoms with Gasteiger partial charge >= 0.3 is 0 Å². The Hall–Kier alpha value is -1.76. The second-order valence-electron chi connectivity index (χ2n) is 10.3. The predicted molar refractivity (Wildman–Crippen MR) is 154 cm³/mol. The molecule has 0 aliphatic carbocycles. The van der Waals surface area contributed by atoms with E-state index in [4.69, 9.17) is 0 Å². The van der Waals surface area contributed by atoms with Gasteiger partial charge in [0.05, 0.1) is 0 Å². The van der Waals surface area contributed by atoms with Crippen molar-refractivity contribution in [3.63, 3.8) is 0 Å². The minimum Gasteiger partial charge on any atom is -0.355 e. The third-order valence-corrected chi connectivity index (χ3v) is 7.13. The van der Waals surface area contributed by atoms with E-state index in [1.807, 2.05) is 0 Å². The Labute approximate surface area is 212 Å². The van der Waals surface area contributed by atoms with Gasteiger partial charge in [-0.1, -0.05) is 122 Å². The molecule has 0 bridgehead atoms. The molecule has 190 valence electrons. The molecule has 0 atom stereocenters. The molecule has 0 aromatic heterocycles. The van der Waals surface area contributed by atoms with E-state index in [0.29, 0.717) is 0 Å². The zero-order valence-electron chi connectivity index (χ0n) is 22.8. The molecule has 0 unspecified atom stereocenters. The van der Waals surface area contributed by atoms with Crippen LogP contribution < -0.4 is 5.32 Å². The molecule has 0 amide bonds. The molecule has 1 N–H and O–H groups in total. The van der Waals surface area contributed by atoms with Gasteiger partial charge in [0, 0.05) is 11.4 Å². The van der Waals surface area contributed by atoms with E-state index in [2.05, 4.69) is 68.6 Å². The van der Waals surface area contributed by atoms with Crippen molar-refractivity contribution in [2.75, 3.05) is 5.32 Å². The summed E-state index contributed by atoms with van der Waals surface area (Å²) < 4.78 is 0. The molecular formula is C33H53N. The Bertz CT molecular complexity index is 763. The molecule has 34 heavy (non-hydrogen) atoms. The number of hydrogen-bond acceptors (Lipinski definition) is 1. The molecule has 2 rings (SSSR count). The number of anilines is 2. The quantitative estimate of drug-likeness (QED) is 0.192. The fourth-order valence-corrected chi connectivity index (χ4v) is 5.00. The summed E-state index contributed by atoms with van der Waals surface area (Å²) in [6.45, 7) is 6.89. The summed E-state index contributed by atoms with van der Waals surface area (Å²) in [6, 6.07) is 16.1. The summed E-state index contributed by atoms with van der Waals surface area (Å²) >= 11 is 0. The lowest BCUT2D eigenvalue weighted by Crippen LogP contribution is -2.02. The van der Waals surface area contributed by atoms with Crippen LogP contribution >= 0.6 is 0 Å². The van der Waals surface area contributed by atoms with Gasteiger partial charge in [-0.25, -0.2) is 0 Å². The average Bonchev–Trinajstić information content (AvgIpc) is 2.85. The summed E-state index contributed by atoms with van der Waals surface area (Å²) in [4.78, 5) is 0. The third kappa shape index (κ3) is 11.6. The first kappa shape index (κ1) is 28.5. The number of rotatable bonds is 20. The standard InChI is InChI=1S/C33H53N/c1-4-7-10-13-16-21-29-22-19-25-31(28-29)34-33-27-20-24-30(23-17-14-11-8-5-2)32(33)26-18-15-12-9-6-3/h19-20,22,24-25,27-28,34H,4-18,21,23,26H2,1-3H3. The first-order chi connectivity index (χ1) is 16.8. The van der Waals surface area contributed by atoms with Crippen molar-refractivity contribution in [3.8, 4) is 0 Å². The maximum atomic E-state index is 3.83. The Morgan fingerprint density at radius 3 is 1.74 bits per heavy atom. The van der Waals surface area contributed by atoms with Gasteiger partial charge in [-0.05, 0) is 73.4 Å². The Kier molecular flexibility index (Phi) is 15.5. The van der Waals surface area contributed by atoms with Gasteiger partial charge < -0.3 is 5.32 Å². The normalized spacial score (nSPS) is 11.1. The van der Waals surface area contributed by atoms with Crippen molar-refractivity contribution < 1.29 is 0 Å². The van der Waals surface area contributed by atoms with Crippen molar-refractivity contribution in [3.05, 3.63) is 59.2 Å². The molecule has 1 nitrogen and oxygen atoms in total. The van der Waals surface area contributed by atoms with Crippen LogP contribution in [0.3, 0.4) is 0 Å². The molecule has 2 aromatic carbocycles. The minimum absolute atomic E-state index is 1.20. The van der Waals surface area contributed by atoms with Gasteiger partial charge in [0.15, 0.2) is 0 Å². The summed E-state index contributed by atoms with van der Waals surface area (Å²) in [6.07, 6.45) is 23.8. The van der Waals surface area contributed by atoms with Crippen LogP contribution in [0.15, 0.2) is 42.5 Å². The monoisotopic (exact) mass is 463 g/mol. The van der Waals surface area contributed by atoms with Gasteiger partial charge in [0.1, 0.15) is 0 Å². The lowest BCUT2D eigenvalue weighted by atomic mass is 9.94. The van der Waals surface area contributed by atoms with Crippen LogP contribution in [0.4, 0.5) is 11.4 Å². The summed E-state index contributed by atoms with van der Waals surface area (Å²) in [7, 11) is 0. The number of nitrogens with one attached hydrogen (secondary N) is 1. The van der Waals surface area contributed by atoms with Gasteiger partial charge in [-0.15, -0.1) is 0 Å². The molecule has 0 saturated carbocycles. The molecule has 0 radical (unpaired) electrons. The SMILES string of the molecule is CCCCCCCc1cccc(Nc2cccc(CCCCCCC)c2CCCCCCC)c1. The van der Waals surface area contributed by atoms with Crippen LogP contribution in [0.2, 0.25) is 0 Å². The molecule has 1 heteroatoms. The summed E-state index contributed by atoms with van der Waals surface area (Å²) in [5, 5.41) is 3.83. The molecule has 0 fully saturated rings. The Balaban J connectivity index is 2.04. The van der Waals surface area contributed by atoms with E-state index < -0.39 is 0 Å². The molecular weight excluding hydrogens is 410 g/mol. The average molecular weight is 464 g/mol. The number of hydrogen-bond donors (Lipinski definition) is 1. The van der Waals surface area contributed by atoms with Crippen molar-refractivity contribution >= 4 is 11.4 Å². The van der Waals surface area contributed by atoms with E-state index in [-0.39, 0.29) is 0 Å². The fourth-order valence-electron chi connectivity index (χ4n) is 5.00. The van der Waals surface area contributed by atoms with Crippen LogP contribution in [-0.2, 0) is 19.3 Å². The van der Waals surface area contributed by atoms with Crippen LogP contribution in [0, 0.1) is 0 Å². The van der Waals surface area contributed by atoms with E-state index in [1.165, 1.54) is 133 Å². The summed E-state index contributed by atoms with van der Waals surface area (Å²) in [5.41, 5.74) is 7.19. The molecule has 0 heterocycles. The van der Waals surface area contributed by atoms with Crippen LogP contribution in [0.25, 0.3) is 0 Å². The van der Waals surface area contributed by atoms with Gasteiger partial charge in [-0.3, -0.25) is 0 Å². The molecule has 0 aliphatic rings. The Morgan fingerprint density at radius 2 is 1.09 bits per heavy atom. The van der Waals surface area contributed by atoms with Crippen molar-refractivity contribution in [2.45, 2.75) is 136 Å². The molecule has 0 spiro atoms. The lowest BCUT2D eigenvalue weighted by molar-refractivity contribution is 0.621. The zero-order chi connectivity index (χ0) is 24.3. The molecule has 0 saturated heterocycles. The Morgan fingerprint density at radius 1 is 0.529 bits per heavy atom. The van der Waals surface area contributed by atoms with Gasteiger partial charge in [-0.2, -0.15) is 0 Å². The van der Waals surface area contributed by atoms with Crippen molar-refractivity contribution in [1.29, 1.82) is 0 Å². The predicted octanol–water partition coefficient (Wildman–Crippen LogP) is 11.0. The third-order valence-electron chi connectivity index (χ3n) is 7.13. The number of aryl methyl sites for hydroxylation is 2. The van der Waals surface area contributed by atoms with Gasteiger partial charge in [0.2, 0.25) is 0 Å². The van der Waals surface area contributed by atoms with Crippen LogP contribution in [-0.4, -0.2) is 0 Å². The maximum absolute atomic E-state index is 3.83. The first-order valence-electron chi connectivity index (χ1n) is 14.7. The molecule has 2 aromatic rings. The highest BCUT2D eigenvalue weighted by Gasteiger charge is 2.10. The number of benzene rings is 2. The van der Waals surface area contributed by atoms with Crippen molar-refractivity contribution in [2.24, 2.45) is 0 Å². The maximum Gasteiger partial charge on any atom is 0.0419 e. The second kappa shape index (κ2) is 18.6. The largest absolute Gasteiger partial charge is 0.355 e.